The monoisotopic (exact) mass is 407 g/mol. The minimum absolute atomic E-state index is 0.0958. The van der Waals surface area contributed by atoms with Crippen molar-refractivity contribution in [3.63, 3.8) is 0 Å². The highest BCUT2D eigenvalue weighted by Gasteiger charge is 2.24. The zero-order valence-electron chi connectivity index (χ0n) is 15.7. The van der Waals surface area contributed by atoms with Crippen molar-refractivity contribution in [2.45, 2.75) is 38.0 Å². The number of aryl methyl sites for hydroxylation is 2. The summed E-state index contributed by atoms with van der Waals surface area (Å²) in [6, 6.07) is 0.115. The Morgan fingerprint density at radius 1 is 1.37 bits per heavy atom. The maximum Gasteiger partial charge on any atom is 0.254 e. The van der Waals surface area contributed by atoms with Crippen molar-refractivity contribution in [3.8, 4) is 0 Å². The molecule has 0 atom stereocenters. The average molecular weight is 408 g/mol. The average Bonchev–Trinajstić information content (AvgIpc) is 3.27. The van der Waals surface area contributed by atoms with Crippen molar-refractivity contribution >= 4 is 34.9 Å². The molecule has 0 unspecified atom stereocenters. The number of thiazole rings is 1. The van der Waals surface area contributed by atoms with E-state index in [9.17, 15) is 9.59 Å². The van der Waals surface area contributed by atoms with E-state index in [1.54, 1.807) is 47.2 Å². The second-order valence-electron chi connectivity index (χ2n) is 6.69. The molecule has 3 heterocycles. The summed E-state index contributed by atoms with van der Waals surface area (Å²) in [5.74, 6) is 1.78. The summed E-state index contributed by atoms with van der Waals surface area (Å²) in [5.41, 5.74) is 1.67. The van der Waals surface area contributed by atoms with Crippen LogP contribution in [-0.4, -0.2) is 56.4 Å². The number of nitrogens with one attached hydrogen (secondary N) is 1. The molecule has 9 heteroatoms. The topological polar surface area (TPSA) is 80.1 Å². The van der Waals surface area contributed by atoms with E-state index in [0.29, 0.717) is 25.1 Å². The van der Waals surface area contributed by atoms with Crippen molar-refractivity contribution < 1.29 is 9.59 Å². The largest absolute Gasteiger partial charge is 0.349 e. The number of rotatable bonds is 7. The van der Waals surface area contributed by atoms with Gasteiger partial charge in [-0.05, 0) is 19.8 Å². The Kier molecular flexibility index (Phi) is 6.89. The molecule has 1 saturated heterocycles. The van der Waals surface area contributed by atoms with Gasteiger partial charge in [0.15, 0.2) is 0 Å². The minimum atomic E-state index is -0.0958. The van der Waals surface area contributed by atoms with Crippen LogP contribution in [0.3, 0.4) is 0 Å². The molecule has 0 saturated carbocycles. The summed E-state index contributed by atoms with van der Waals surface area (Å²) in [5, 5.41) is 10.2. The predicted octanol–water partition coefficient (Wildman–Crippen LogP) is 2.23. The van der Waals surface area contributed by atoms with Crippen molar-refractivity contribution in [1.29, 1.82) is 0 Å². The van der Waals surface area contributed by atoms with Crippen molar-refractivity contribution in [2.24, 2.45) is 7.05 Å². The lowest BCUT2D eigenvalue weighted by Gasteiger charge is -2.32. The quantitative estimate of drug-likeness (QED) is 0.712. The van der Waals surface area contributed by atoms with Crippen LogP contribution in [0.25, 0.3) is 0 Å². The third-order valence-corrected chi connectivity index (χ3v) is 6.34. The van der Waals surface area contributed by atoms with E-state index < -0.39 is 0 Å². The number of nitrogens with zero attached hydrogens (tertiary/aromatic N) is 4. The smallest absolute Gasteiger partial charge is 0.254 e. The zero-order valence-corrected chi connectivity index (χ0v) is 17.3. The zero-order chi connectivity index (χ0) is 19.2. The SMILES string of the molecule is Cc1nc(CSCCC(=O)N2CCC(NC(=O)c3cnn(C)c3)CC2)cs1. The van der Waals surface area contributed by atoms with Gasteiger partial charge in [-0.15, -0.1) is 11.3 Å². The molecule has 1 aliphatic heterocycles. The van der Waals surface area contributed by atoms with Crippen LogP contribution >= 0.6 is 23.1 Å². The Labute approximate surface area is 167 Å². The molecular formula is C18H25N5O2S2. The molecule has 0 spiro atoms. The van der Waals surface area contributed by atoms with Gasteiger partial charge in [0.1, 0.15) is 0 Å². The summed E-state index contributed by atoms with van der Waals surface area (Å²) < 4.78 is 1.61. The Hall–Kier alpha value is -1.87. The molecule has 0 aromatic carbocycles. The van der Waals surface area contributed by atoms with Crippen molar-refractivity contribution in [2.75, 3.05) is 18.8 Å². The van der Waals surface area contributed by atoms with Gasteiger partial charge in [0.2, 0.25) is 5.91 Å². The van der Waals surface area contributed by atoms with Crippen LogP contribution in [0.1, 0.15) is 40.3 Å². The second kappa shape index (κ2) is 9.36. The number of hydrogen-bond donors (Lipinski definition) is 1. The maximum absolute atomic E-state index is 12.4. The van der Waals surface area contributed by atoms with Crippen molar-refractivity contribution in [3.05, 3.63) is 34.0 Å². The van der Waals surface area contributed by atoms with Gasteiger partial charge in [0.25, 0.3) is 5.91 Å². The molecule has 7 nitrogen and oxygen atoms in total. The third-order valence-electron chi connectivity index (χ3n) is 4.53. The maximum atomic E-state index is 12.4. The third kappa shape index (κ3) is 5.80. The molecule has 0 bridgehead atoms. The normalized spacial score (nSPS) is 15.1. The van der Waals surface area contributed by atoms with E-state index in [-0.39, 0.29) is 17.9 Å². The van der Waals surface area contributed by atoms with Crippen LogP contribution in [-0.2, 0) is 17.6 Å². The van der Waals surface area contributed by atoms with E-state index in [2.05, 4.69) is 20.8 Å². The van der Waals surface area contributed by atoms with Gasteiger partial charge in [0.05, 0.1) is 22.5 Å². The highest BCUT2D eigenvalue weighted by molar-refractivity contribution is 7.98. The Morgan fingerprint density at radius 2 is 2.15 bits per heavy atom. The fourth-order valence-corrected chi connectivity index (χ4v) is 4.59. The lowest BCUT2D eigenvalue weighted by atomic mass is 10.0. The molecule has 2 amide bonds. The van der Waals surface area contributed by atoms with Gasteiger partial charge >= 0.3 is 0 Å². The highest BCUT2D eigenvalue weighted by Crippen LogP contribution is 2.17. The van der Waals surface area contributed by atoms with Gasteiger partial charge < -0.3 is 10.2 Å². The first-order chi connectivity index (χ1) is 13.0. The van der Waals surface area contributed by atoms with Gasteiger partial charge in [-0.2, -0.15) is 16.9 Å². The number of piperidine rings is 1. The van der Waals surface area contributed by atoms with Crippen LogP contribution in [0, 0.1) is 6.92 Å². The van der Waals surface area contributed by atoms with E-state index in [1.807, 2.05) is 11.8 Å². The molecule has 2 aromatic rings. The van der Waals surface area contributed by atoms with Gasteiger partial charge in [-0.1, -0.05) is 0 Å². The summed E-state index contributed by atoms with van der Waals surface area (Å²) in [7, 11) is 1.79. The van der Waals surface area contributed by atoms with E-state index in [1.165, 1.54) is 0 Å². The molecule has 3 rings (SSSR count). The Balaban J connectivity index is 1.33. The van der Waals surface area contributed by atoms with Crippen LogP contribution < -0.4 is 5.32 Å². The first-order valence-electron chi connectivity index (χ1n) is 9.07. The van der Waals surface area contributed by atoms with E-state index in [4.69, 9.17) is 0 Å². The fourth-order valence-electron chi connectivity index (χ4n) is 3.05. The van der Waals surface area contributed by atoms with Crippen LogP contribution in [0.5, 0.6) is 0 Å². The first kappa shape index (κ1) is 19.9. The van der Waals surface area contributed by atoms with E-state index >= 15 is 0 Å². The molecular weight excluding hydrogens is 382 g/mol. The Morgan fingerprint density at radius 3 is 2.78 bits per heavy atom. The fraction of sp³-hybridized carbons (Fsp3) is 0.556. The number of amides is 2. The number of carbonyl (C=O) groups is 2. The molecule has 0 aliphatic carbocycles. The molecule has 2 aromatic heterocycles. The van der Waals surface area contributed by atoms with Crippen LogP contribution in [0.15, 0.2) is 17.8 Å². The van der Waals surface area contributed by atoms with Crippen LogP contribution in [0.2, 0.25) is 0 Å². The Bertz CT molecular complexity index is 780. The number of likely N-dealkylation sites (tertiary alicyclic amines) is 1. The second-order valence-corrected chi connectivity index (χ2v) is 8.86. The molecule has 146 valence electrons. The lowest BCUT2D eigenvalue weighted by molar-refractivity contribution is -0.131. The molecule has 1 fully saturated rings. The van der Waals surface area contributed by atoms with Gasteiger partial charge in [0, 0.05) is 55.7 Å². The first-order valence-corrected chi connectivity index (χ1v) is 11.1. The summed E-state index contributed by atoms with van der Waals surface area (Å²) in [6.07, 6.45) is 5.42. The number of thioether (sulfide) groups is 1. The van der Waals surface area contributed by atoms with Crippen LogP contribution in [0.4, 0.5) is 0 Å². The summed E-state index contributed by atoms with van der Waals surface area (Å²) in [4.78, 5) is 30.9. The summed E-state index contributed by atoms with van der Waals surface area (Å²) >= 11 is 3.41. The lowest BCUT2D eigenvalue weighted by Crippen LogP contribution is -2.46. The number of aromatic nitrogens is 3. The summed E-state index contributed by atoms with van der Waals surface area (Å²) in [6.45, 7) is 3.41. The number of hydrogen-bond acceptors (Lipinski definition) is 6. The molecule has 1 aliphatic rings. The molecule has 27 heavy (non-hydrogen) atoms. The molecule has 1 N–H and O–H groups in total. The minimum Gasteiger partial charge on any atom is -0.349 e. The van der Waals surface area contributed by atoms with Crippen molar-refractivity contribution in [1.82, 2.24) is 25.0 Å². The van der Waals surface area contributed by atoms with E-state index in [0.717, 1.165) is 35.0 Å². The standard InChI is InChI=1S/C18H25N5O2S2/c1-13-20-16(12-27-13)11-26-8-5-17(24)23-6-3-15(4-7-23)21-18(25)14-9-19-22(2)10-14/h9-10,12,15H,3-8,11H2,1-2H3,(H,21,25). The predicted molar refractivity (Wildman–Crippen MR) is 108 cm³/mol. The number of carbonyl (C=O) groups excluding carboxylic acids is 2. The van der Waals surface area contributed by atoms with Gasteiger partial charge in [-0.3, -0.25) is 14.3 Å². The van der Waals surface area contributed by atoms with Gasteiger partial charge in [-0.25, -0.2) is 4.98 Å². The molecule has 0 radical (unpaired) electrons. The highest BCUT2D eigenvalue weighted by atomic mass is 32.2.